The Bertz CT molecular complexity index is 1460. The van der Waals surface area contributed by atoms with Crippen LogP contribution in [0.2, 0.25) is 0 Å². The van der Waals surface area contributed by atoms with Gasteiger partial charge < -0.3 is 19.9 Å². The molecule has 6 nitrogen and oxygen atoms in total. The van der Waals surface area contributed by atoms with Crippen molar-refractivity contribution in [2.75, 3.05) is 4.90 Å². The van der Waals surface area contributed by atoms with E-state index in [1.807, 2.05) is 31.2 Å². The number of benzene rings is 2. The van der Waals surface area contributed by atoms with Crippen LogP contribution >= 0.6 is 12.2 Å². The summed E-state index contributed by atoms with van der Waals surface area (Å²) < 4.78 is 2.11. The zero-order valence-electron chi connectivity index (χ0n) is 20.7. The van der Waals surface area contributed by atoms with Gasteiger partial charge in [-0.15, -0.1) is 0 Å². The molecule has 0 aliphatic carbocycles. The number of carboxylic acid groups (broad SMARTS) is 1. The van der Waals surface area contributed by atoms with Gasteiger partial charge in [-0.2, -0.15) is 0 Å². The van der Waals surface area contributed by atoms with Crippen LogP contribution in [0, 0.1) is 27.7 Å². The zero-order valence-corrected chi connectivity index (χ0v) is 21.5. The van der Waals surface area contributed by atoms with Gasteiger partial charge in [0.05, 0.1) is 23.3 Å². The van der Waals surface area contributed by atoms with E-state index in [-0.39, 0.29) is 17.6 Å². The highest BCUT2D eigenvalue weighted by Gasteiger charge is 2.42. The first-order valence-electron chi connectivity index (χ1n) is 11.9. The number of carbonyl (C=O) groups is 1. The second-order valence-electron chi connectivity index (χ2n) is 9.36. The van der Waals surface area contributed by atoms with E-state index in [4.69, 9.17) is 12.2 Å². The number of carboxylic acids is 1. The maximum atomic E-state index is 11.6. The van der Waals surface area contributed by atoms with Crippen LogP contribution in [0.1, 0.15) is 56.2 Å². The standard InChI is InChI=1S/C29H28N4O2S/c1-17-12-18(2)14-23(13-17)33-27(26(31-29(33)36)25-10-5-6-11-30-25)24-15-19(3)32(20(24)4)22-9-7-8-21(16-22)28(34)35/h5-16,26-27H,1-4H3,(H,31,36)(H,34,35)/t26-,27+/m1/s1. The molecule has 182 valence electrons. The maximum Gasteiger partial charge on any atom is 0.335 e. The molecule has 1 fully saturated rings. The Kier molecular flexibility index (Phi) is 6.10. The first-order valence-corrected chi connectivity index (χ1v) is 12.3. The third-order valence-corrected chi connectivity index (χ3v) is 7.04. The molecular formula is C29H28N4O2S. The number of nitrogens with zero attached hydrogens (tertiary/aromatic N) is 3. The number of rotatable bonds is 5. The largest absolute Gasteiger partial charge is 0.478 e. The smallest absolute Gasteiger partial charge is 0.335 e. The number of aromatic nitrogens is 2. The fourth-order valence-corrected chi connectivity index (χ4v) is 5.65. The van der Waals surface area contributed by atoms with Crippen molar-refractivity contribution in [3.05, 3.63) is 112 Å². The van der Waals surface area contributed by atoms with Crippen molar-refractivity contribution in [3.8, 4) is 5.69 Å². The molecule has 0 unspecified atom stereocenters. The van der Waals surface area contributed by atoms with Gasteiger partial charge in [0.25, 0.3) is 0 Å². The summed E-state index contributed by atoms with van der Waals surface area (Å²) in [5.74, 6) is -0.943. The third kappa shape index (κ3) is 4.16. The highest BCUT2D eigenvalue weighted by molar-refractivity contribution is 7.80. The molecule has 2 N–H and O–H groups in total. The summed E-state index contributed by atoms with van der Waals surface area (Å²) >= 11 is 5.90. The Hall–Kier alpha value is -3.97. The van der Waals surface area contributed by atoms with E-state index >= 15 is 0 Å². The van der Waals surface area contributed by atoms with Crippen molar-refractivity contribution in [1.29, 1.82) is 0 Å². The van der Waals surface area contributed by atoms with Crippen LogP contribution < -0.4 is 10.2 Å². The number of aromatic carboxylic acids is 1. The Balaban J connectivity index is 1.69. The number of hydrogen-bond acceptors (Lipinski definition) is 3. The van der Waals surface area contributed by atoms with E-state index < -0.39 is 5.97 Å². The molecule has 0 saturated carbocycles. The molecule has 0 spiro atoms. The predicted octanol–water partition coefficient (Wildman–Crippen LogP) is 5.98. The second-order valence-corrected chi connectivity index (χ2v) is 9.75. The summed E-state index contributed by atoms with van der Waals surface area (Å²) in [6, 6.07) is 21.3. The van der Waals surface area contributed by atoms with Gasteiger partial charge in [0.1, 0.15) is 0 Å². The predicted molar refractivity (Wildman–Crippen MR) is 146 cm³/mol. The molecule has 1 aliphatic heterocycles. The summed E-state index contributed by atoms with van der Waals surface area (Å²) in [5.41, 5.74) is 8.51. The Morgan fingerprint density at radius 2 is 1.69 bits per heavy atom. The molecule has 1 saturated heterocycles. The highest BCUT2D eigenvalue weighted by atomic mass is 32.1. The molecule has 4 aromatic rings. The first-order chi connectivity index (χ1) is 17.2. The van der Waals surface area contributed by atoms with Crippen LogP contribution in [0.5, 0.6) is 0 Å². The minimum atomic E-state index is -0.943. The quantitative estimate of drug-likeness (QED) is 0.331. The van der Waals surface area contributed by atoms with Crippen LogP contribution in [0.3, 0.4) is 0 Å². The minimum absolute atomic E-state index is 0.142. The lowest BCUT2D eigenvalue weighted by atomic mass is 9.96. The lowest BCUT2D eigenvalue weighted by Crippen LogP contribution is -2.29. The Morgan fingerprint density at radius 3 is 2.36 bits per heavy atom. The monoisotopic (exact) mass is 496 g/mol. The van der Waals surface area contributed by atoms with Gasteiger partial charge in [0.2, 0.25) is 0 Å². The third-order valence-electron chi connectivity index (χ3n) is 6.72. The van der Waals surface area contributed by atoms with Gasteiger partial charge in [-0.25, -0.2) is 4.79 Å². The molecule has 0 amide bonds. The van der Waals surface area contributed by atoms with Gasteiger partial charge in [0, 0.05) is 29.0 Å². The number of thiocarbonyl (C=S) groups is 1. The highest BCUT2D eigenvalue weighted by Crippen LogP contribution is 2.44. The number of anilines is 1. The number of nitrogens with one attached hydrogen (secondary N) is 1. The average Bonchev–Trinajstić information content (AvgIpc) is 3.34. The normalized spacial score (nSPS) is 17.3. The van der Waals surface area contributed by atoms with E-state index in [2.05, 4.69) is 64.8 Å². The molecule has 1 aliphatic rings. The van der Waals surface area contributed by atoms with Gasteiger partial charge >= 0.3 is 5.97 Å². The lowest BCUT2D eigenvalue weighted by molar-refractivity contribution is 0.0697. The molecule has 3 heterocycles. The maximum absolute atomic E-state index is 11.6. The molecule has 36 heavy (non-hydrogen) atoms. The molecular weight excluding hydrogens is 468 g/mol. The van der Waals surface area contributed by atoms with Crippen molar-refractivity contribution in [3.63, 3.8) is 0 Å². The average molecular weight is 497 g/mol. The zero-order chi connectivity index (χ0) is 25.6. The fourth-order valence-electron chi connectivity index (χ4n) is 5.30. The number of hydrogen-bond donors (Lipinski definition) is 2. The molecule has 2 atom stereocenters. The van der Waals surface area contributed by atoms with Gasteiger partial charge in [0.15, 0.2) is 5.11 Å². The van der Waals surface area contributed by atoms with Gasteiger partial charge in [-0.05, 0) is 105 Å². The Morgan fingerprint density at radius 1 is 0.944 bits per heavy atom. The van der Waals surface area contributed by atoms with E-state index in [1.165, 1.54) is 11.1 Å². The van der Waals surface area contributed by atoms with E-state index in [9.17, 15) is 9.90 Å². The minimum Gasteiger partial charge on any atom is -0.478 e. The van der Waals surface area contributed by atoms with Crippen molar-refractivity contribution < 1.29 is 9.90 Å². The van der Waals surface area contributed by atoms with E-state index in [0.717, 1.165) is 34.0 Å². The van der Waals surface area contributed by atoms with Gasteiger partial charge in [-0.3, -0.25) is 4.98 Å². The lowest BCUT2D eigenvalue weighted by Gasteiger charge is -2.29. The molecule has 5 rings (SSSR count). The topological polar surface area (TPSA) is 70.4 Å². The SMILES string of the molecule is Cc1cc(C)cc(N2C(=S)N[C@H](c3ccccn3)[C@@H]2c2cc(C)n(-c3cccc(C(=O)O)c3)c2C)c1. The second kappa shape index (κ2) is 9.24. The van der Waals surface area contributed by atoms with Crippen LogP contribution in [0.4, 0.5) is 5.69 Å². The summed E-state index contributed by atoms with van der Waals surface area (Å²) in [6.45, 7) is 8.30. The van der Waals surface area contributed by atoms with E-state index in [0.29, 0.717) is 5.11 Å². The molecule has 2 aromatic carbocycles. The van der Waals surface area contributed by atoms with E-state index in [1.54, 1.807) is 24.4 Å². The summed E-state index contributed by atoms with van der Waals surface area (Å²) in [7, 11) is 0. The number of pyridine rings is 1. The van der Waals surface area contributed by atoms with Crippen LogP contribution in [-0.4, -0.2) is 25.7 Å². The summed E-state index contributed by atoms with van der Waals surface area (Å²) in [6.07, 6.45) is 1.80. The van der Waals surface area contributed by atoms with Gasteiger partial charge in [-0.1, -0.05) is 18.2 Å². The summed E-state index contributed by atoms with van der Waals surface area (Å²) in [4.78, 5) is 18.5. The van der Waals surface area contributed by atoms with Crippen LogP contribution in [0.25, 0.3) is 5.69 Å². The number of aryl methyl sites for hydroxylation is 3. The van der Waals surface area contributed by atoms with Crippen molar-refractivity contribution in [2.24, 2.45) is 0 Å². The summed E-state index contributed by atoms with van der Waals surface area (Å²) in [5, 5.41) is 13.7. The van der Waals surface area contributed by atoms with Crippen molar-refractivity contribution in [2.45, 2.75) is 39.8 Å². The molecule has 2 aromatic heterocycles. The molecule has 7 heteroatoms. The molecule has 0 bridgehead atoms. The van der Waals surface area contributed by atoms with Crippen molar-refractivity contribution in [1.82, 2.24) is 14.9 Å². The first kappa shape index (κ1) is 23.8. The fraction of sp³-hybridized carbons (Fsp3) is 0.207. The van der Waals surface area contributed by atoms with Crippen molar-refractivity contribution >= 4 is 29.0 Å². The van der Waals surface area contributed by atoms with Crippen LogP contribution in [0.15, 0.2) is 72.9 Å². The molecule has 0 radical (unpaired) electrons. The van der Waals surface area contributed by atoms with Crippen LogP contribution in [-0.2, 0) is 0 Å². The Labute approximate surface area is 216 Å².